The van der Waals surface area contributed by atoms with Crippen LogP contribution in [0, 0.1) is 13.8 Å². The first-order chi connectivity index (χ1) is 20.2. The van der Waals surface area contributed by atoms with Crippen LogP contribution in [0.3, 0.4) is 0 Å². The van der Waals surface area contributed by atoms with Crippen molar-refractivity contribution in [2.45, 2.75) is 31.0 Å². The van der Waals surface area contributed by atoms with Gasteiger partial charge >= 0.3 is 6.18 Å². The van der Waals surface area contributed by atoms with Crippen molar-refractivity contribution in [3.63, 3.8) is 0 Å². The molecule has 12 heteroatoms. The van der Waals surface area contributed by atoms with E-state index in [4.69, 9.17) is 0 Å². The van der Waals surface area contributed by atoms with Crippen LogP contribution in [0.5, 0.6) is 5.75 Å². The number of nitrogens with one attached hydrogen (secondary N) is 1. The fourth-order valence-electron chi connectivity index (χ4n) is 4.73. The molecule has 1 atom stereocenters. The summed E-state index contributed by atoms with van der Waals surface area (Å²) in [5.74, 6) is -0.893. The van der Waals surface area contributed by atoms with Gasteiger partial charge in [0, 0.05) is 23.1 Å². The van der Waals surface area contributed by atoms with E-state index in [1.165, 1.54) is 53.4 Å². The highest BCUT2D eigenvalue weighted by Gasteiger charge is 2.39. The number of hydrazone groups is 1. The maximum absolute atomic E-state index is 13.7. The molecule has 3 N–H and O–H groups in total. The average molecular weight is 610 g/mol. The van der Waals surface area contributed by atoms with Crippen molar-refractivity contribution >= 4 is 38.5 Å². The number of anilines is 3. The second-order valence-electron chi connectivity index (χ2n) is 10.2. The zero-order valence-corrected chi connectivity index (χ0v) is 24.0. The standard InChI is InChI=1S/C31H26F3N3O5S/c1-17-10-11-21(14-18(17)2)37-26-16-22(43(3,41)42)12-13-24(26)27(30(37)40)36-35-25-9-5-8-23(28(25)38)19-6-4-7-20(15-19)29(39)31(32,33)34/h4-16,29,35,38-39H,1-3H3/b36-27-. The van der Waals surface area contributed by atoms with E-state index in [-0.39, 0.29) is 33.2 Å². The molecule has 1 amide bonds. The molecule has 0 aromatic heterocycles. The highest BCUT2D eigenvalue weighted by Crippen LogP contribution is 2.40. The van der Waals surface area contributed by atoms with Crippen LogP contribution in [0.2, 0.25) is 0 Å². The summed E-state index contributed by atoms with van der Waals surface area (Å²) in [5, 5.41) is 24.9. The number of carbonyl (C=O) groups excluding carboxylic acids is 1. The summed E-state index contributed by atoms with van der Waals surface area (Å²) in [6.45, 7) is 3.81. The number of alkyl halides is 3. The first-order valence-electron chi connectivity index (χ1n) is 12.9. The lowest BCUT2D eigenvalue weighted by atomic mass is 9.99. The van der Waals surface area contributed by atoms with Gasteiger partial charge in [-0.25, -0.2) is 8.42 Å². The first kappa shape index (κ1) is 29.8. The Morgan fingerprint density at radius 3 is 2.30 bits per heavy atom. The summed E-state index contributed by atoms with van der Waals surface area (Å²) < 4.78 is 63.8. The van der Waals surface area contributed by atoms with Crippen molar-refractivity contribution in [1.82, 2.24) is 0 Å². The molecule has 5 rings (SSSR count). The number of hydrogen-bond donors (Lipinski definition) is 3. The molecular weight excluding hydrogens is 583 g/mol. The average Bonchev–Trinajstić information content (AvgIpc) is 3.23. The van der Waals surface area contributed by atoms with E-state index in [1.54, 1.807) is 12.1 Å². The lowest BCUT2D eigenvalue weighted by Gasteiger charge is -2.18. The molecule has 0 bridgehead atoms. The van der Waals surface area contributed by atoms with E-state index in [9.17, 15) is 36.6 Å². The number of carbonyl (C=O) groups is 1. The summed E-state index contributed by atoms with van der Waals surface area (Å²) in [5.41, 5.74) is 5.77. The van der Waals surface area contributed by atoms with Crippen LogP contribution in [-0.4, -0.2) is 42.7 Å². The van der Waals surface area contributed by atoms with Gasteiger partial charge in [-0.2, -0.15) is 18.3 Å². The lowest BCUT2D eigenvalue weighted by Crippen LogP contribution is -2.26. The number of halogens is 3. The van der Waals surface area contributed by atoms with Crippen LogP contribution < -0.4 is 10.3 Å². The Morgan fingerprint density at radius 1 is 0.907 bits per heavy atom. The number of aromatic hydroxyl groups is 1. The second-order valence-corrected chi connectivity index (χ2v) is 12.2. The van der Waals surface area contributed by atoms with Gasteiger partial charge in [0.2, 0.25) is 0 Å². The maximum Gasteiger partial charge on any atom is 0.418 e. The van der Waals surface area contributed by atoms with Crippen molar-refractivity contribution in [3.8, 4) is 16.9 Å². The van der Waals surface area contributed by atoms with Crippen LogP contribution in [-0.2, 0) is 14.6 Å². The van der Waals surface area contributed by atoms with Crippen LogP contribution >= 0.6 is 0 Å². The number of phenolic OH excluding ortho intramolecular Hbond substituents is 1. The fourth-order valence-corrected chi connectivity index (χ4v) is 5.38. The Balaban J connectivity index is 1.54. The molecule has 4 aromatic carbocycles. The van der Waals surface area contributed by atoms with Gasteiger partial charge in [0.05, 0.1) is 16.3 Å². The van der Waals surface area contributed by atoms with Crippen LogP contribution in [0.25, 0.3) is 11.1 Å². The molecule has 1 heterocycles. The number of rotatable bonds is 6. The Hall–Kier alpha value is -4.68. The predicted octanol–water partition coefficient (Wildman–Crippen LogP) is 6.17. The monoisotopic (exact) mass is 609 g/mol. The van der Waals surface area contributed by atoms with Crippen LogP contribution in [0.4, 0.5) is 30.2 Å². The highest BCUT2D eigenvalue weighted by atomic mass is 32.2. The van der Waals surface area contributed by atoms with E-state index in [1.807, 2.05) is 19.9 Å². The van der Waals surface area contributed by atoms with Crippen molar-refractivity contribution in [2.75, 3.05) is 16.6 Å². The molecule has 222 valence electrons. The number of aryl methyl sites for hydroxylation is 2. The van der Waals surface area contributed by atoms with Crippen molar-refractivity contribution in [3.05, 3.63) is 101 Å². The smallest absolute Gasteiger partial charge is 0.418 e. The summed E-state index contributed by atoms with van der Waals surface area (Å²) in [6, 6.07) is 19.2. The molecule has 8 nitrogen and oxygen atoms in total. The first-order valence-corrected chi connectivity index (χ1v) is 14.8. The molecule has 0 radical (unpaired) electrons. The van der Waals surface area contributed by atoms with Gasteiger partial charge in [0.25, 0.3) is 5.91 Å². The Bertz CT molecular complexity index is 1910. The minimum Gasteiger partial charge on any atom is -0.505 e. The number of aliphatic hydroxyl groups is 1. The summed E-state index contributed by atoms with van der Waals surface area (Å²) in [7, 11) is -3.59. The number of nitrogens with zero attached hydrogens (tertiary/aromatic N) is 2. The molecule has 43 heavy (non-hydrogen) atoms. The third-order valence-electron chi connectivity index (χ3n) is 7.20. The molecule has 0 aliphatic carbocycles. The Kier molecular flexibility index (Phi) is 7.53. The number of amides is 1. The molecule has 1 unspecified atom stereocenters. The normalized spacial score (nSPS) is 15.1. The van der Waals surface area contributed by atoms with Crippen LogP contribution in [0.1, 0.15) is 28.4 Å². The van der Waals surface area contributed by atoms with Gasteiger partial charge in [-0.05, 0) is 78.6 Å². The number of para-hydroxylation sites is 1. The fraction of sp³-hybridized carbons (Fsp3) is 0.161. The largest absolute Gasteiger partial charge is 0.505 e. The number of sulfone groups is 1. The summed E-state index contributed by atoms with van der Waals surface area (Å²) in [6.07, 6.45) is -6.49. The molecular formula is C31H26F3N3O5S. The van der Waals surface area contributed by atoms with Gasteiger partial charge in [0.1, 0.15) is 5.75 Å². The van der Waals surface area contributed by atoms with E-state index in [0.29, 0.717) is 16.9 Å². The van der Waals surface area contributed by atoms with Gasteiger partial charge in [-0.1, -0.05) is 36.4 Å². The zero-order valence-electron chi connectivity index (χ0n) is 23.1. The molecule has 0 saturated carbocycles. The lowest BCUT2D eigenvalue weighted by molar-refractivity contribution is -0.206. The number of aliphatic hydroxyl groups excluding tert-OH is 1. The second kappa shape index (κ2) is 10.9. The van der Waals surface area contributed by atoms with Crippen molar-refractivity contribution in [1.29, 1.82) is 0 Å². The van der Waals surface area contributed by atoms with Crippen LogP contribution in [0.15, 0.2) is 88.9 Å². The third-order valence-corrected chi connectivity index (χ3v) is 8.31. The molecule has 0 fully saturated rings. The number of fused-ring (bicyclic) bond motifs is 1. The minimum atomic E-state index is -4.86. The van der Waals surface area contributed by atoms with E-state index < -0.39 is 33.6 Å². The number of phenols is 1. The molecule has 0 saturated heterocycles. The minimum absolute atomic E-state index is 0.0188. The Morgan fingerprint density at radius 2 is 1.63 bits per heavy atom. The van der Waals surface area contributed by atoms with Crippen molar-refractivity contribution < 1.29 is 36.6 Å². The maximum atomic E-state index is 13.7. The number of benzene rings is 4. The molecule has 0 spiro atoms. The van der Waals surface area contributed by atoms with Gasteiger partial charge in [-0.15, -0.1) is 0 Å². The molecule has 4 aromatic rings. The Labute approximate surface area is 245 Å². The van der Waals surface area contributed by atoms with E-state index in [0.717, 1.165) is 29.5 Å². The van der Waals surface area contributed by atoms with Gasteiger partial charge < -0.3 is 10.2 Å². The SMILES string of the molecule is Cc1ccc(N2C(=O)/C(=N\Nc3cccc(-c4cccc(C(O)C(F)(F)F)c4)c3O)c3ccc(S(C)(=O)=O)cc32)cc1C. The zero-order chi connectivity index (χ0) is 31.3. The topological polar surface area (TPSA) is 119 Å². The van der Waals surface area contributed by atoms with Gasteiger partial charge in [-0.3, -0.25) is 15.1 Å². The van der Waals surface area contributed by atoms with Crippen molar-refractivity contribution in [2.24, 2.45) is 5.10 Å². The summed E-state index contributed by atoms with van der Waals surface area (Å²) in [4.78, 5) is 15.1. The summed E-state index contributed by atoms with van der Waals surface area (Å²) >= 11 is 0. The van der Waals surface area contributed by atoms with E-state index in [2.05, 4.69) is 10.5 Å². The van der Waals surface area contributed by atoms with Gasteiger partial charge in [0.15, 0.2) is 21.7 Å². The number of hydrogen-bond acceptors (Lipinski definition) is 7. The quantitative estimate of drug-likeness (QED) is 0.178. The third kappa shape index (κ3) is 5.71. The molecule has 1 aliphatic rings. The highest BCUT2D eigenvalue weighted by molar-refractivity contribution is 7.90. The van der Waals surface area contributed by atoms with E-state index >= 15 is 0 Å². The molecule has 1 aliphatic heterocycles. The predicted molar refractivity (Wildman–Crippen MR) is 157 cm³/mol.